The third kappa shape index (κ3) is 4.12. The number of nitrogen functional groups attached to an aromatic ring is 1. The molecule has 3 rings (SSSR count). The Morgan fingerprint density at radius 1 is 1.36 bits per heavy atom. The van der Waals surface area contributed by atoms with Gasteiger partial charge in [0.1, 0.15) is 0 Å². The van der Waals surface area contributed by atoms with Crippen LogP contribution in [0.1, 0.15) is 50.9 Å². The van der Waals surface area contributed by atoms with E-state index in [1.807, 2.05) is 43.9 Å². The van der Waals surface area contributed by atoms with Crippen LogP contribution in [0.2, 0.25) is 0 Å². The molecule has 0 fully saturated rings. The molecule has 0 bridgehead atoms. The summed E-state index contributed by atoms with van der Waals surface area (Å²) in [5.41, 5.74) is 8.66. The lowest BCUT2D eigenvalue weighted by molar-refractivity contribution is -0.118. The number of benzene rings is 1. The summed E-state index contributed by atoms with van der Waals surface area (Å²) in [7, 11) is 0. The predicted octanol–water partition coefficient (Wildman–Crippen LogP) is 3.28. The fourth-order valence-electron chi connectivity index (χ4n) is 2.92. The molecule has 7 heteroatoms. The minimum absolute atomic E-state index is 0. The minimum atomic E-state index is -0.158. The van der Waals surface area contributed by atoms with E-state index in [-0.39, 0.29) is 23.7 Å². The first-order chi connectivity index (χ1) is 11.4. The number of aromatic nitrogens is 2. The Kier molecular flexibility index (Phi) is 5.72. The second-order valence-electron chi connectivity index (χ2n) is 7.26. The van der Waals surface area contributed by atoms with Crippen LogP contribution in [0.15, 0.2) is 22.7 Å². The Morgan fingerprint density at radius 2 is 2.12 bits per heavy atom. The van der Waals surface area contributed by atoms with Gasteiger partial charge in [-0.05, 0) is 30.5 Å². The van der Waals surface area contributed by atoms with E-state index in [4.69, 9.17) is 10.3 Å². The van der Waals surface area contributed by atoms with Crippen LogP contribution >= 0.6 is 12.4 Å². The zero-order valence-corrected chi connectivity index (χ0v) is 15.7. The summed E-state index contributed by atoms with van der Waals surface area (Å²) in [5, 5.41) is 4.00. The third-order valence-electron chi connectivity index (χ3n) is 4.28. The highest BCUT2D eigenvalue weighted by Gasteiger charge is 2.25. The molecular formula is C18H25ClN4O2. The van der Waals surface area contributed by atoms with Gasteiger partial charge in [-0.2, -0.15) is 4.98 Å². The first kappa shape index (κ1) is 19.2. The number of amides is 1. The maximum atomic E-state index is 12.6. The van der Waals surface area contributed by atoms with Gasteiger partial charge in [-0.1, -0.05) is 32.0 Å². The van der Waals surface area contributed by atoms with Crippen molar-refractivity contribution in [3.63, 3.8) is 0 Å². The molecule has 0 aliphatic carbocycles. The Morgan fingerprint density at radius 3 is 2.80 bits per heavy atom. The summed E-state index contributed by atoms with van der Waals surface area (Å²) in [5.74, 6) is 1.25. The standard InChI is InChI=1S/C18H24N4O2.ClH/c1-18(2,3)17-20-15(24-21-17)9-10-16(23)22-11-5-6-12-13(19)7-4-8-14(12)22;/h4,7-8H,5-6,9-11,19H2,1-3H3;1H. The highest BCUT2D eigenvalue weighted by molar-refractivity contribution is 5.95. The van der Waals surface area contributed by atoms with Gasteiger partial charge in [0, 0.05) is 36.2 Å². The van der Waals surface area contributed by atoms with E-state index < -0.39 is 0 Å². The maximum Gasteiger partial charge on any atom is 0.227 e. The van der Waals surface area contributed by atoms with Crippen LogP contribution in [-0.2, 0) is 23.1 Å². The van der Waals surface area contributed by atoms with E-state index >= 15 is 0 Å². The van der Waals surface area contributed by atoms with Crippen molar-refractivity contribution in [3.05, 3.63) is 35.5 Å². The second kappa shape index (κ2) is 7.44. The summed E-state index contributed by atoms with van der Waals surface area (Å²) in [4.78, 5) is 18.9. The quantitative estimate of drug-likeness (QED) is 0.844. The van der Waals surface area contributed by atoms with Crippen LogP contribution in [0, 0.1) is 0 Å². The number of aryl methyl sites for hydroxylation is 1. The number of halogens is 1. The molecule has 1 aromatic carbocycles. The van der Waals surface area contributed by atoms with Crippen molar-refractivity contribution in [1.82, 2.24) is 10.1 Å². The number of hydrogen-bond acceptors (Lipinski definition) is 5. The van der Waals surface area contributed by atoms with Crippen molar-refractivity contribution in [3.8, 4) is 0 Å². The summed E-state index contributed by atoms with van der Waals surface area (Å²) < 4.78 is 5.27. The number of nitrogens with zero attached hydrogens (tertiary/aromatic N) is 3. The van der Waals surface area contributed by atoms with Gasteiger partial charge >= 0.3 is 0 Å². The van der Waals surface area contributed by atoms with Gasteiger partial charge in [0.25, 0.3) is 0 Å². The molecule has 6 nitrogen and oxygen atoms in total. The normalized spacial score (nSPS) is 14.0. The summed E-state index contributed by atoms with van der Waals surface area (Å²) in [6.07, 6.45) is 2.65. The summed E-state index contributed by atoms with van der Waals surface area (Å²) >= 11 is 0. The molecule has 2 aromatic rings. The van der Waals surface area contributed by atoms with Gasteiger partial charge in [0.15, 0.2) is 5.82 Å². The second-order valence-corrected chi connectivity index (χ2v) is 7.26. The largest absolute Gasteiger partial charge is 0.398 e. The van der Waals surface area contributed by atoms with Crippen LogP contribution in [0.5, 0.6) is 0 Å². The molecule has 1 aliphatic heterocycles. The van der Waals surface area contributed by atoms with Crippen molar-refractivity contribution in [2.24, 2.45) is 0 Å². The Hall–Kier alpha value is -2.08. The molecule has 1 aliphatic rings. The highest BCUT2D eigenvalue weighted by atomic mass is 35.5. The molecule has 2 heterocycles. The van der Waals surface area contributed by atoms with Gasteiger partial charge in [-0.3, -0.25) is 4.79 Å². The molecule has 0 unspecified atom stereocenters. The topological polar surface area (TPSA) is 85.2 Å². The fraction of sp³-hybridized carbons (Fsp3) is 0.500. The molecule has 136 valence electrons. The number of nitrogens with two attached hydrogens (primary N) is 1. The first-order valence-corrected chi connectivity index (χ1v) is 8.37. The monoisotopic (exact) mass is 364 g/mol. The predicted molar refractivity (Wildman–Crippen MR) is 100 cm³/mol. The number of carbonyl (C=O) groups excluding carboxylic acids is 1. The number of hydrogen-bond donors (Lipinski definition) is 1. The van der Waals surface area contributed by atoms with Crippen molar-refractivity contribution >= 4 is 29.7 Å². The maximum absolute atomic E-state index is 12.6. The smallest absolute Gasteiger partial charge is 0.227 e. The third-order valence-corrected chi connectivity index (χ3v) is 4.28. The van der Waals surface area contributed by atoms with E-state index in [0.717, 1.165) is 36.3 Å². The van der Waals surface area contributed by atoms with E-state index in [1.165, 1.54) is 0 Å². The van der Waals surface area contributed by atoms with Crippen LogP contribution in [0.4, 0.5) is 11.4 Å². The number of anilines is 2. The van der Waals surface area contributed by atoms with Crippen LogP contribution < -0.4 is 10.6 Å². The molecule has 0 saturated carbocycles. The molecule has 2 N–H and O–H groups in total. The van der Waals surface area contributed by atoms with Crippen LogP contribution in [-0.4, -0.2) is 22.6 Å². The highest BCUT2D eigenvalue weighted by Crippen LogP contribution is 2.31. The Bertz CT molecular complexity index is 752. The Balaban J connectivity index is 0.00000225. The van der Waals surface area contributed by atoms with E-state index in [1.54, 1.807) is 0 Å². The van der Waals surface area contributed by atoms with Crippen molar-refractivity contribution in [2.45, 2.75) is 51.9 Å². The molecule has 0 radical (unpaired) electrons. The van der Waals surface area contributed by atoms with E-state index in [9.17, 15) is 4.79 Å². The zero-order chi connectivity index (χ0) is 17.3. The zero-order valence-electron chi connectivity index (χ0n) is 14.9. The molecule has 1 aromatic heterocycles. The van der Waals surface area contributed by atoms with E-state index in [0.29, 0.717) is 24.6 Å². The molecule has 0 saturated heterocycles. The lowest BCUT2D eigenvalue weighted by Crippen LogP contribution is -2.35. The van der Waals surface area contributed by atoms with Gasteiger partial charge < -0.3 is 15.2 Å². The fourth-order valence-corrected chi connectivity index (χ4v) is 2.92. The van der Waals surface area contributed by atoms with Crippen LogP contribution in [0.25, 0.3) is 0 Å². The van der Waals surface area contributed by atoms with Crippen molar-refractivity contribution in [2.75, 3.05) is 17.2 Å². The summed E-state index contributed by atoms with van der Waals surface area (Å²) in [6.45, 7) is 6.82. The SMILES string of the molecule is CC(C)(C)c1noc(CCC(=O)N2CCCc3c(N)cccc32)n1.Cl. The molecule has 0 atom stereocenters. The average Bonchev–Trinajstić information content (AvgIpc) is 3.02. The average molecular weight is 365 g/mol. The number of carbonyl (C=O) groups is 1. The Labute approximate surface area is 154 Å². The summed E-state index contributed by atoms with van der Waals surface area (Å²) in [6, 6.07) is 5.75. The van der Waals surface area contributed by atoms with E-state index in [2.05, 4.69) is 10.1 Å². The van der Waals surface area contributed by atoms with Crippen molar-refractivity contribution in [1.29, 1.82) is 0 Å². The molecule has 25 heavy (non-hydrogen) atoms. The minimum Gasteiger partial charge on any atom is -0.398 e. The lowest BCUT2D eigenvalue weighted by Gasteiger charge is -2.30. The van der Waals surface area contributed by atoms with Crippen LogP contribution in [0.3, 0.4) is 0 Å². The van der Waals surface area contributed by atoms with Gasteiger partial charge in [0.2, 0.25) is 11.8 Å². The van der Waals surface area contributed by atoms with Gasteiger partial charge in [0.05, 0.1) is 0 Å². The molecule has 1 amide bonds. The first-order valence-electron chi connectivity index (χ1n) is 8.37. The van der Waals surface area contributed by atoms with Gasteiger partial charge in [-0.15, -0.1) is 12.4 Å². The van der Waals surface area contributed by atoms with Gasteiger partial charge in [-0.25, -0.2) is 0 Å². The van der Waals surface area contributed by atoms with Crippen molar-refractivity contribution < 1.29 is 9.32 Å². The lowest BCUT2D eigenvalue weighted by atomic mass is 9.96. The molecular weight excluding hydrogens is 340 g/mol. The molecule has 0 spiro atoms. The number of rotatable bonds is 3. The number of fused-ring (bicyclic) bond motifs is 1.